The lowest BCUT2D eigenvalue weighted by Crippen LogP contribution is -2.23. The second-order valence-corrected chi connectivity index (χ2v) is 5.73. The SMILES string of the molecule is Cc1nc2nc(Cl)nc(NC3CCCCC3)c2nc1C. The molecule has 5 nitrogen and oxygen atoms in total. The van der Waals surface area contributed by atoms with E-state index >= 15 is 0 Å². The summed E-state index contributed by atoms with van der Waals surface area (Å²) in [6.45, 7) is 3.87. The van der Waals surface area contributed by atoms with Crippen LogP contribution in [-0.2, 0) is 0 Å². The monoisotopic (exact) mass is 291 g/mol. The molecule has 0 aromatic carbocycles. The summed E-state index contributed by atoms with van der Waals surface area (Å²) in [5.74, 6) is 0.711. The van der Waals surface area contributed by atoms with E-state index in [1.807, 2.05) is 13.8 Å². The number of hydrogen-bond donors (Lipinski definition) is 1. The molecule has 1 fully saturated rings. The number of nitrogens with one attached hydrogen (secondary N) is 1. The van der Waals surface area contributed by atoms with Crippen LogP contribution in [0.1, 0.15) is 43.5 Å². The molecule has 0 spiro atoms. The summed E-state index contributed by atoms with van der Waals surface area (Å²) >= 11 is 6.00. The Kier molecular flexibility index (Phi) is 3.70. The number of aryl methyl sites for hydroxylation is 2. The predicted octanol–water partition coefficient (Wildman–Crippen LogP) is 3.43. The van der Waals surface area contributed by atoms with Gasteiger partial charge in [-0.2, -0.15) is 9.97 Å². The minimum Gasteiger partial charge on any atom is -0.365 e. The van der Waals surface area contributed by atoms with E-state index in [0.717, 1.165) is 11.4 Å². The van der Waals surface area contributed by atoms with Gasteiger partial charge in [0.05, 0.1) is 11.4 Å². The van der Waals surface area contributed by atoms with Gasteiger partial charge in [-0.3, -0.25) is 0 Å². The highest BCUT2D eigenvalue weighted by Crippen LogP contribution is 2.25. The van der Waals surface area contributed by atoms with E-state index in [2.05, 4.69) is 25.3 Å². The number of rotatable bonds is 2. The third kappa shape index (κ3) is 2.68. The first-order chi connectivity index (χ1) is 9.63. The molecule has 0 aliphatic heterocycles. The van der Waals surface area contributed by atoms with E-state index in [9.17, 15) is 0 Å². The number of fused-ring (bicyclic) bond motifs is 1. The maximum atomic E-state index is 6.00. The Balaban J connectivity index is 2.02. The highest BCUT2D eigenvalue weighted by molar-refractivity contribution is 6.28. The fourth-order valence-corrected chi connectivity index (χ4v) is 2.79. The highest BCUT2D eigenvalue weighted by atomic mass is 35.5. The molecule has 106 valence electrons. The Morgan fingerprint density at radius 1 is 0.950 bits per heavy atom. The Bertz CT molecular complexity index is 637. The average molecular weight is 292 g/mol. The average Bonchev–Trinajstić information content (AvgIpc) is 2.42. The molecule has 2 aromatic heterocycles. The first kappa shape index (κ1) is 13.5. The molecule has 1 aliphatic rings. The predicted molar refractivity (Wildman–Crippen MR) is 80.1 cm³/mol. The second-order valence-electron chi connectivity index (χ2n) is 5.39. The van der Waals surface area contributed by atoms with Crippen molar-refractivity contribution in [2.24, 2.45) is 0 Å². The van der Waals surface area contributed by atoms with E-state index in [1.165, 1.54) is 32.1 Å². The van der Waals surface area contributed by atoms with Crippen LogP contribution in [0.2, 0.25) is 5.28 Å². The quantitative estimate of drug-likeness (QED) is 0.859. The zero-order valence-corrected chi connectivity index (χ0v) is 12.5. The Morgan fingerprint density at radius 2 is 1.65 bits per heavy atom. The van der Waals surface area contributed by atoms with Crippen LogP contribution in [0.25, 0.3) is 11.2 Å². The number of anilines is 1. The number of aromatic nitrogens is 4. The third-order valence-electron chi connectivity index (χ3n) is 3.86. The molecule has 20 heavy (non-hydrogen) atoms. The van der Waals surface area contributed by atoms with Crippen LogP contribution in [0.4, 0.5) is 5.82 Å². The molecule has 0 bridgehead atoms. The molecular weight excluding hydrogens is 274 g/mol. The van der Waals surface area contributed by atoms with Crippen molar-refractivity contribution in [1.82, 2.24) is 19.9 Å². The van der Waals surface area contributed by atoms with Crippen molar-refractivity contribution < 1.29 is 0 Å². The number of halogens is 1. The Hall–Kier alpha value is -1.49. The van der Waals surface area contributed by atoms with Gasteiger partial charge in [-0.15, -0.1) is 0 Å². The molecule has 1 aliphatic carbocycles. The van der Waals surface area contributed by atoms with Gasteiger partial charge in [0.25, 0.3) is 0 Å². The van der Waals surface area contributed by atoms with E-state index in [-0.39, 0.29) is 5.28 Å². The van der Waals surface area contributed by atoms with Gasteiger partial charge in [0.1, 0.15) is 0 Å². The standard InChI is InChI=1S/C14H18ClN5/c1-8-9(2)17-12-11(16-8)13(20-14(15)19-12)18-10-6-4-3-5-7-10/h10H,3-7H2,1-2H3,(H,17,18,19,20). The zero-order valence-electron chi connectivity index (χ0n) is 11.8. The maximum Gasteiger partial charge on any atom is 0.226 e. The van der Waals surface area contributed by atoms with Gasteiger partial charge in [-0.05, 0) is 38.3 Å². The largest absolute Gasteiger partial charge is 0.365 e. The van der Waals surface area contributed by atoms with Crippen LogP contribution >= 0.6 is 11.6 Å². The van der Waals surface area contributed by atoms with Gasteiger partial charge in [0, 0.05) is 6.04 Å². The van der Waals surface area contributed by atoms with E-state index in [1.54, 1.807) is 0 Å². The van der Waals surface area contributed by atoms with Crippen molar-refractivity contribution in [3.63, 3.8) is 0 Å². The van der Waals surface area contributed by atoms with Crippen molar-refractivity contribution in [3.05, 3.63) is 16.7 Å². The van der Waals surface area contributed by atoms with Gasteiger partial charge in [-0.1, -0.05) is 19.3 Å². The summed E-state index contributed by atoms with van der Waals surface area (Å²) < 4.78 is 0. The zero-order chi connectivity index (χ0) is 14.1. The first-order valence-corrected chi connectivity index (χ1v) is 7.46. The minimum atomic E-state index is 0.216. The summed E-state index contributed by atoms with van der Waals surface area (Å²) in [5.41, 5.74) is 3.04. The third-order valence-corrected chi connectivity index (χ3v) is 4.03. The maximum absolute atomic E-state index is 6.00. The normalized spacial score (nSPS) is 16.6. The van der Waals surface area contributed by atoms with Gasteiger partial charge >= 0.3 is 0 Å². The van der Waals surface area contributed by atoms with E-state index in [0.29, 0.717) is 23.0 Å². The highest BCUT2D eigenvalue weighted by Gasteiger charge is 2.17. The van der Waals surface area contributed by atoms with Gasteiger partial charge in [0.2, 0.25) is 5.28 Å². The van der Waals surface area contributed by atoms with Crippen LogP contribution in [0.15, 0.2) is 0 Å². The molecule has 0 amide bonds. The summed E-state index contributed by atoms with van der Waals surface area (Å²) in [6, 6.07) is 0.446. The van der Waals surface area contributed by atoms with E-state index in [4.69, 9.17) is 11.6 Å². The van der Waals surface area contributed by atoms with Crippen LogP contribution < -0.4 is 5.32 Å². The van der Waals surface area contributed by atoms with Gasteiger partial charge < -0.3 is 5.32 Å². The topological polar surface area (TPSA) is 63.6 Å². The van der Waals surface area contributed by atoms with Crippen molar-refractivity contribution in [1.29, 1.82) is 0 Å². The second kappa shape index (κ2) is 5.48. The molecule has 2 heterocycles. The molecule has 3 rings (SSSR count). The molecule has 0 radical (unpaired) electrons. The van der Waals surface area contributed by atoms with Crippen molar-refractivity contribution in [2.45, 2.75) is 52.0 Å². The molecule has 1 N–H and O–H groups in total. The van der Waals surface area contributed by atoms with Crippen molar-refractivity contribution >= 4 is 28.6 Å². The Labute approximate surface area is 123 Å². The summed E-state index contributed by atoms with van der Waals surface area (Å²) in [4.78, 5) is 17.5. The van der Waals surface area contributed by atoms with Crippen molar-refractivity contribution in [3.8, 4) is 0 Å². The smallest absolute Gasteiger partial charge is 0.226 e. The lowest BCUT2D eigenvalue weighted by molar-refractivity contribution is 0.462. The molecule has 2 aromatic rings. The molecular formula is C14H18ClN5. The molecule has 0 unspecified atom stereocenters. The van der Waals surface area contributed by atoms with Crippen LogP contribution in [0.5, 0.6) is 0 Å². The molecule has 0 atom stereocenters. The van der Waals surface area contributed by atoms with Gasteiger partial charge in [-0.25, -0.2) is 9.97 Å². The number of nitrogens with zero attached hydrogens (tertiary/aromatic N) is 4. The van der Waals surface area contributed by atoms with Gasteiger partial charge in [0.15, 0.2) is 17.0 Å². The van der Waals surface area contributed by atoms with E-state index < -0.39 is 0 Å². The minimum absolute atomic E-state index is 0.216. The van der Waals surface area contributed by atoms with Crippen molar-refractivity contribution in [2.75, 3.05) is 5.32 Å². The molecule has 1 saturated carbocycles. The lowest BCUT2D eigenvalue weighted by Gasteiger charge is -2.23. The van der Waals surface area contributed by atoms with Crippen LogP contribution in [0, 0.1) is 13.8 Å². The summed E-state index contributed by atoms with van der Waals surface area (Å²) in [5, 5.41) is 3.69. The fraction of sp³-hybridized carbons (Fsp3) is 0.571. The fourth-order valence-electron chi connectivity index (χ4n) is 2.63. The molecule has 0 saturated heterocycles. The first-order valence-electron chi connectivity index (χ1n) is 7.08. The molecule has 6 heteroatoms. The summed E-state index contributed by atoms with van der Waals surface area (Å²) in [6.07, 6.45) is 6.18. The Morgan fingerprint density at radius 3 is 2.40 bits per heavy atom. The van der Waals surface area contributed by atoms with Crippen LogP contribution in [0.3, 0.4) is 0 Å². The summed E-state index contributed by atoms with van der Waals surface area (Å²) in [7, 11) is 0. The lowest BCUT2D eigenvalue weighted by atomic mass is 9.95. The number of hydrogen-bond acceptors (Lipinski definition) is 5. The van der Waals surface area contributed by atoms with Crippen LogP contribution in [-0.4, -0.2) is 26.0 Å².